The van der Waals surface area contributed by atoms with Crippen LogP contribution >= 0.6 is 0 Å². The van der Waals surface area contributed by atoms with Crippen LogP contribution in [0.2, 0.25) is 0 Å². The number of hydrogen-bond donors (Lipinski definition) is 0. The molecule has 2 fully saturated rings. The molecule has 8 rings (SSSR count). The van der Waals surface area contributed by atoms with Gasteiger partial charge in [0.05, 0.1) is 0 Å². The van der Waals surface area contributed by atoms with Crippen LogP contribution in [0.3, 0.4) is 0 Å². The molecule has 4 bridgehead atoms. The summed E-state index contributed by atoms with van der Waals surface area (Å²) in [6, 6.07) is 8.18. The Morgan fingerprint density at radius 2 is 1.21 bits per heavy atom. The van der Waals surface area contributed by atoms with Crippen molar-refractivity contribution in [3.05, 3.63) is 58.2 Å². The largest absolute Gasteiger partial charge is 0.285 e. The van der Waals surface area contributed by atoms with Gasteiger partial charge in [0.25, 0.3) is 0 Å². The molecular formula is C25H28N2O. The predicted octanol–water partition coefficient (Wildman–Crippen LogP) is 5.08. The highest BCUT2D eigenvalue weighted by molar-refractivity contribution is 6.06. The Bertz CT molecular complexity index is 953. The molecule has 0 saturated heterocycles. The van der Waals surface area contributed by atoms with Crippen LogP contribution in [0.1, 0.15) is 91.1 Å². The van der Waals surface area contributed by atoms with Crippen molar-refractivity contribution in [2.24, 2.45) is 22.7 Å². The molecular weight excluding hydrogens is 344 g/mol. The Morgan fingerprint density at radius 3 is 1.61 bits per heavy atom. The molecule has 28 heavy (non-hydrogen) atoms. The fraction of sp³-hybridized carbons (Fsp3) is 0.560. The molecule has 2 aromatic rings. The molecule has 0 spiro atoms. The van der Waals surface area contributed by atoms with Gasteiger partial charge >= 0.3 is 0 Å². The number of hydrogen-bond acceptors (Lipinski definition) is 3. The first kappa shape index (κ1) is 16.9. The normalized spacial score (nSPS) is 32.4. The molecule has 4 atom stereocenters. The van der Waals surface area contributed by atoms with Crippen LogP contribution in [-0.4, -0.2) is 15.8 Å². The second-order valence-corrected chi connectivity index (χ2v) is 10.8. The number of pyridine rings is 2. The minimum Gasteiger partial charge on any atom is -0.285 e. The quantitative estimate of drug-likeness (QED) is 0.691. The van der Waals surface area contributed by atoms with Crippen molar-refractivity contribution in [2.75, 3.05) is 0 Å². The van der Waals surface area contributed by atoms with E-state index in [4.69, 9.17) is 9.97 Å². The van der Waals surface area contributed by atoms with E-state index in [2.05, 4.69) is 39.8 Å². The topological polar surface area (TPSA) is 42.9 Å². The molecule has 0 radical (unpaired) electrons. The van der Waals surface area contributed by atoms with Crippen LogP contribution in [0.5, 0.6) is 0 Å². The summed E-state index contributed by atoms with van der Waals surface area (Å²) in [5.41, 5.74) is 6.91. The molecule has 0 aliphatic heterocycles. The van der Waals surface area contributed by atoms with E-state index in [-0.39, 0.29) is 5.78 Å². The minimum atomic E-state index is -0.0254. The number of carbonyl (C=O) groups excluding carboxylic acids is 1. The van der Waals surface area contributed by atoms with Gasteiger partial charge in [-0.05, 0) is 83.4 Å². The van der Waals surface area contributed by atoms with Gasteiger partial charge in [0, 0.05) is 11.4 Å². The van der Waals surface area contributed by atoms with E-state index >= 15 is 0 Å². The van der Waals surface area contributed by atoms with E-state index in [9.17, 15) is 4.79 Å². The van der Waals surface area contributed by atoms with Crippen LogP contribution in [-0.2, 0) is 12.8 Å². The van der Waals surface area contributed by atoms with E-state index in [0.29, 0.717) is 45.9 Å². The van der Waals surface area contributed by atoms with Gasteiger partial charge < -0.3 is 0 Å². The van der Waals surface area contributed by atoms with E-state index in [1.165, 1.54) is 24.0 Å². The summed E-state index contributed by atoms with van der Waals surface area (Å²) in [6.07, 6.45) is 4.58. The zero-order valence-corrected chi connectivity index (χ0v) is 17.2. The molecule has 0 unspecified atom stereocenters. The van der Waals surface area contributed by atoms with Crippen LogP contribution in [0, 0.1) is 22.7 Å². The van der Waals surface area contributed by atoms with Gasteiger partial charge in [0.1, 0.15) is 11.4 Å². The molecule has 0 N–H and O–H groups in total. The predicted molar refractivity (Wildman–Crippen MR) is 109 cm³/mol. The third kappa shape index (κ3) is 1.98. The standard InChI is InChI=1S/C25H28N2O/c1-24(2)13-9-17(24)15-5-7-19(26-21(15)11-13)23(28)20-8-6-16-18-10-14(25(18,3)4)12-22(16)27-20/h5-8,13-14,17-18H,9-12H2,1-4H3/t13-,14-,17+,18+/m1/s1. The minimum absolute atomic E-state index is 0.0254. The van der Waals surface area contributed by atoms with Gasteiger partial charge in [0.2, 0.25) is 5.78 Å². The first-order chi connectivity index (χ1) is 13.3. The van der Waals surface area contributed by atoms with Gasteiger partial charge in [-0.2, -0.15) is 0 Å². The number of rotatable bonds is 2. The van der Waals surface area contributed by atoms with E-state index in [0.717, 1.165) is 24.2 Å². The van der Waals surface area contributed by atoms with Crippen molar-refractivity contribution >= 4 is 5.78 Å². The highest BCUT2D eigenvalue weighted by atomic mass is 16.1. The molecule has 3 nitrogen and oxygen atoms in total. The third-order valence-electron chi connectivity index (χ3n) is 9.06. The van der Waals surface area contributed by atoms with Crippen molar-refractivity contribution < 1.29 is 4.79 Å². The van der Waals surface area contributed by atoms with Crippen molar-refractivity contribution in [3.8, 4) is 0 Å². The summed E-state index contributed by atoms with van der Waals surface area (Å²) in [4.78, 5) is 22.7. The highest BCUT2D eigenvalue weighted by Gasteiger charge is 2.54. The summed E-state index contributed by atoms with van der Waals surface area (Å²) in [5.74, 6) is 2.60. The van der Waals surface area contributed by atoms with Crippen LogP contribution in [0.15, 0.2) is 24.3 Å². The molecule has 2 saturated carbocycles. The fourth-order valence-corrected chi connectivity index (χ4v) is 6.62. The van der Waals surface area contributed by atoms with Gasteiger partial charge in [-0.3, -0.25) is 4.79 Å². The molecule has 6 aliphatic rings. The molecule has 2 aromatic heterocycles. The lowest BCUT2D eigenvalue weighted by atomic mass is 9.48. The second kappa shape index (κ2) is 5.11. The monoisotopic (exact) mass is 372 g/mol. The first-order valence-electron chi connectivity index (χ1n) is 10.8. The van der Waals surface area contributed by atoms with Gasteiger partial charge in [-0.15, -0.1) is 0 Å². The average Bonchev–Trinajstić information content (AvgIpc) is 2.71. The summed E-state index contributed by atoms with van der Waals surface area (Å²) in [5, 5.41) is 0. The van der Waals surface area contributed by atoms with Crippen LogP contribution in [0.4, 0.5) is 0 Å². The summed E-state index contributed by atoms with van der Waals surface area (Å²) >= 11 is 0. The maximum atomic E-state index is 13.1. The lowest BCUT2D eigenvalue weighted by molar-refractivity contribution is 0.0168. The van der Waals surface area contributed by atoms with E-state index < -0.39 is 0 Å². The average molecular weight is 373 g/mol. The Kier molecular flexibility index (Phi) is 3.08. The summed E-state index contributed by atoms with van der Waals surface area (Å²) in [6.45, 7) is 9.49. The molecule has 3 heteroatoms. The lowest BCUT2D eigenvalue weighted by Gasteiger charge is -2.56. The van der Waals surface area contributed by atoms with Crippen molar-refractivity contribution in [3.63, 3.8) is 0 Å². The number of nitrogens with zero attached hydrogens (tertiary/aromatic N) is 2. The van der Waals surface area contributed by atoms with Crippen molar-refractivity contribution in [1.29, 1.82) is 0 Å². The fourth-order valence-electron chi connectivity index (χ4n) is 6.62. The number of carbonyl (C=O) groups is 1. The maximum Gasteiger partial charge on any atom is 0.229 e. The van der Waals surface area contributed by atoms with Crippen molar-refractivity contribution in [1.82, 2.24) is 9.97 Å². The van der Waals surface area contributed by atoms with Crippen molar-refractivity contribution in [2.45, 2.75) is 65.2 Å². The zero-order valence-electron chi connectivity index (χ0n) is 17.2. The Morgan fingerprint density at radius 1 is 0.786 bits per heavy atom. The highest BCUT2D eigenvalue weighted by Crippen LogP contribution is 2.62. The molecule has 0 amide bonds. The van der Waals surface area contributed by atoms with Crippen LogP contribution < -0.4 is 0 Å². The number of aromatic nitrogens is 2. The van der Waals surface area contributed by atoms with Gasteiger partial charge in [0.15, 0.2) is 0 Å². The van der Waals surface area contributed by atoms with Gasteiger partial charge in [-0.1, -0.05) is 39.8 Å². The molecule has 6 aliphatic carbocycles. The lowest BCUT2D eigenvalue weighted by Crippen LogP contribution is -2.48. The maximum absolute atomic E-state index is 13.1. The Balaban J connectivity index is 1.32. The molecule has 0 aromatic carbocycles. The third-order valence-corrected chi connectivity index (χ3v) is 9.06. The summed E-state index contributed by atoms with van der Waals surface area (Å²) in [7, 11) is 0. The van der Waals surface area contributed by atoms with Crippen LogP contribution in [0.25, 0.3) is 0 Å². The second-order valence-electron chi connectivity index (χ2n) is 10.8. The summed E-state index contributed by atoms with van der Waals surface area (Å²) < 4.78 is 0. The zero-order chi connectivity index (χ0) is 19.4. The molecule has 2 heterocycles. The smallest absolute Gasteiger partial charge is 0.229 e. The Labute approximate surface area is 167 Å². The SMILES string of the molecule is CC1(C)[C@H]2Cc3nc(C(=O)c4ccc5c(n4)C[C@H]4C[C@@H]5C4(C)C)ccc3[C@@H]1C2. The van der Waals surface area contributed by atoms with Gasteiger partial charge in [-0.25, -0.2) is 9.97 Å². The molecule has 144 valence electrons. The number of ketones is 1. The first-order valence-corrected chi connectivity index (χ1v) is 10.8. The van der Waals surface area contributed by atoms with E-state index in [1.54, 1.807) is 0 Å². The van der Waals surface area contributed by atoms with E-state index in [1.807, 2.05) is 12.1 Å². The Hall–Kier alpha value is -2.03.